The molecule has 18 heavy (non-hydrogen) atoms. The smallest absolute Gasteiger partial charge is 0.309 e. The molecule has 0 unspecified atom stereocenters. The van der Waals surface area contributed by atoms with Crippen molar-refractivity contribution >= 4 is 17.3 Å². The Kier molecular flexibility index (Phi) is 4.68. The number of carboxylic acid groups (broad SMARTS) is 1. The van der Waals surface area contributed by atoms with Gasteiger partial charge in [-0.15, -0.1) is 11.3 Å². The predicted molar refractivity (Wildman–Crippen MR) is 71.0 cm³/mol. The molecule has 0 aromatic carbocycles. The second kappa shape index (κ2) is 6.26. The maximum atomic E-state index is 10.8. The number of nitrogens with one attached hydrogen (secondary N) is 1. The van der Waals surface area contributed by atoms with Crippen molar-refractivity contribution in [3.05, 3.63) is 15.6 Å². The van der Waals surface area contributed by atoms with Crippen molar-refractivity contribution in [2.24, 2.45) is 0 Å². The van der Waals surface area contributed by atoms with Crippen molar-refractivity contribution in [1.82, 2.24) is 15.2 Å². The molecule has 1 aromatic rings. The molecule has 100 valence electrons. The van der Waals surface area contributed by atoms with Crippen LogP contribution in [0.2, 0.25) is 0 Å². The summed E-state index contributed by atoms with van der Waals surface area (Å²) < 4.78 is 0. The highest BCUT2D eigenvalue weighted by Gasteiger charge is 2.16. The maximum absolute atomic E-state index is 10.8. The summed E-state index contributed by atoms with van der Waals surface area (Å²) in [7, 11) is 0. The van der Waals surface area contributed by atoms with Crippen molar-refractivity contribution in [3.8, 4) is 0 Å². The van der Waals surface area contributed by atoms with Crippen LogP contribution >= 0.6 is 11.3 Å². The average Bonchev–Trinajstić information content (AvgIpc) is 2.53. The molecule has 0 spiro atoms. The number of carboxylic acids is 1. The number of thiazole rings is 1. The van der Waals surface area contributed by atoms with Gasteiger partial charge in [-0.3, -0.25) is 9.69 Å². The normalized spacial score (nSPS) is 17.6. The third-order valence-electron chi connectivity index (χ3n) is 3.00. The van der Waals surface area contributed by atoms with Crippen molar-refractivity contribution < 1.29 is 9.90 Å². The van der Waals surface area contributed by atoms with Gasteiger partial charge in [-0.2, -0.15) is 0 Å². The molecule has 2 heterocycles. The van der Waals surface area contributed by atoms with Gasteiger partial charge in [0.25, 0.3) is 0 Å². The van der Waals surface area contributed by atoms with Crippen LogP contribution in [-0.2, 0) is 17.8 Å². The van der Waals surface area contributed by atoms with Gasteiger partial charge in [-0.25, -0.2) is 4.98 Å². The summed E-state index contributed by atoms with van der Waals surface area (Å²) in [5.74, 6) is -0.806. The third-order valence-corrected chi connectivity index (χ3v) is 4.00. The molecule has 2 N–H and O–H groups in total. The fourth-order valence-corrected chi connectivity index (χ4v) is 3.18. The molecule has 0 radical (unpaired) electrons. The Labute approximate surface area is 111 Å². The Hall–Kier alpha value is -0.980. The van der Waals surface area contributed by atoms with E-state index in [1.165, 1.54) is 0 Å². The van der Waals surface area contributed by atoms with E-state index in [1.807, 2.05) is 6.92 Å². The van der Waals surface area contributed by atoms with Crippen molar-refractivity contribution in [2.75, 3.05) is 26.2 Å². The number of aromatic nitrogens is 1. The molecule has 0 amide bonds. The molecule has 2 rings (SSSR count). The van der Waals surface area contributed by atoms with Crippen molar-refractivity contribution in [1.29, 1.82) is 0 Å². The van der Waals surface area contributed by atoms with Crippen molar-refractivity contribution in [2.45, 2.75) is 26.3 Å². The minimum atomic E-state index is -0.806. The van der Waals surface area contributed by atoms with E-state index >= 15 is 0 Å². The first-order chi connectivity index (χ1) is 8.65. The van der Waals surface area contributed by atoms with Crippen LogP contribution in [0.3, 0.4) is 0 Å². The Bertz CT molecular complexity index is 411. The van der Waals surface area contributed by atoms with E-state index in [-0.39, 0.29) is 6.42 Å². The second-order valence-electron chi connectivity index (χ2n) is 4.55. The summed E-state index contributed by atoms with van der Waals surface area (Å²) >= 11 is 1.62. The Balaban J connectivity index is 2.04. The Morgan fingerprint density at radius 3 is 3.11 bits per heavy atom. The number of aryl methyl sites for hydroxylation is 1. The van der Waals surface area contributed by atoms with Crippen LogP contribution < -0.4 is 5.32 Å². The van der Waals surface area contributed by atoms with Crippen LogP contribution in [0.4, 0.5) is 0 Å². The van der Waals surface area contributed by atoms with Gasteiger partial charge in [-0.05, 0) is 26.4 Å². The molecule has 0 saturated carbocycles. The number of hydrogen-bond acceptors (Lipinski definition) is 5. The topological polar surface area (TPSA) is 65.5 Å². The first-order valence-corrected chi connectivity index (χ1v) is 7.07. The van der Waals surface area contributed by atoms with Gasteiger partial charge in [-0.1, -0.05) is 0 Å². The summed E-state index contributed by atoms with van der Waals surface area (Å²) in [5, 5.41) is 13.2. The third kappa shape index (κ3) is 3.76. The van der Waals surface area contributed by atoms with Crippen LogP contribution in [0.5, 0.6) is 0 Å². The lowest BCUT2D eigenvalue weighted by Gasteiger charge is -2.18. The van der Waals surface area contributed by atoms with Gasteiger partial charge in [0, 0.05) is 24.5 Å². The van der Waals surface area contributed by atoms with Crippen LogP contribution in [-0.4, -0.2) is 47.1 Å². The summed E-state index contributed by atoms with van der Waals surface area (Å²) in [6, 6.07) is 0. The maximum Gasteiger partial charge on any atom is 0.309 e. The van der Waals surface area contributed by atoms with Gasteiger partial charge in [0.05, 0.1) is 17.1 Å². The van der Waals surface area contributed by atoms with Gasteiger partial charge < -0.3 is 10.4 Å². The fraction of sp³-hybridized carbons (Fsp3) is 0.667. The molecule has 6 heteroatoms. The molecule has 1 fully saturated rings. The Morgan fingerprint density at radius 2 is 2.33 bits per heavy atom. The minimum absolute atomic E-state index is 0.0335. The van der Waals surface area contributed by atoms with E-state index < -0.39 is 5.97 Å². The summed E-state index contributed by atoms with van der Waals surface area (Å²) in [6.45, 7) is 6.92. The molecular formula is C12H19N3O2S. The molecule has 0 bridgehead atoms. The molecule has 5 nitrogen and oxygen atoms in total. The monoisotopic (exact) mass is 269 g/mol. The zero-order valence-electron chi connectivity index (χ0n) is 10.6. The number of nitrogens with zero attached hydrogens (tertiary/aromatic N) is 2. The predicted octanol–water partition coefficient (Wildman–Crippen LogP) is 0.874. The lowest BCUT2D eigenvalue weighted by atomic mass is 10.2. The standard InChI is InChI=1S/C12H19N3O2S/c1-9-14-10(7-12(16)17)11(18-9)8-15-5-2-3-13-4-6-15/h13H,2-8H2,1H3,(H,16,17). The zero-order valence-corrected chi connectivity index (χ0v) is 11.4. The van der Waals surface area contributed by atoms with E-state index in [1.54, 1.807) is 11.3 Å². The van der Waals surface area contributed by atoms with Crippen molar-refractivity contribution in [3.63, 3.8) is 0 Å². The SMILES string of the molecule is Cc1nc(CC(=O)O)c(CN2CCCNCC2)s1. The largest absolute Gasteiger partial charge is 0.481 e. The van der Waals surface area contributed by atoms with Crippen LogP contribution in [0, 0.1) is 6.92 Å². The molecule has 1 saturated heterocycles. The highest BCUT2D eigenvalue weighted by molar-refractivity contribution is 7.11. The van der Waals surface area contributed by atoms with Crippen LogP contribution in [0.1, 0.15) is 22.0 Å². The molecule has 0 atom stereocenters. The second-order valence-corrected chi connectivity index (χ2v) is 5.84. The molecule has 1 aliphatic heterocycles. The van der Waals surface area contributed by atoms with E-state index in [9.17, 15) is 4.79 Å². The van der Waals surface area contributed by atoms with Gasteiger partial charge in [0.15, 0.2) is 0 Å². The van der Waals surface area contributed by atoms with Gasteiger partial charge in [0.1, 0.15) is 0 Å². The molecule has 1 aliphatic rings. The van der Waals surface area contributed by atoms with Gasteiger partial charge in [0.2, 0.25) is 0 Å². The quantitative estimate of drug-likeness (QED) is 0.849. The highest BCUT2D eigenvalue weighted by Crippen LogP contribution is 2.21. The molecule has 0 aliphatic carbocycles. The number of aliphatic carboxylic acids is 1. The summed E-state index contributed by atoms with van der Waals surface area (Å²) in [4.78, 5) is 18.6. The lowest BCUT2D eigenvalue weighted by Crippen LogP contribution is -2.27. The zero-order chi connectivity index (χ0) is 13.0. The van der Waals surface area contributed by atoms with E-state index in [0.29, 0.717) is 0 Å². The van der Waals surface area contributed by atoms with E-state index in [0.717, 1.165) is 54.7 Å². The van der Waals surface area contributed by atoms with E-state index in [4.69, 9.17) is 5.11 Å². The number of rotatable bonds is 4. The molecule has 1 aromatic heterocycles. The van der Waals surface area contributed by atoms with Crippen LogP contribution in [0.15, 0.2) is 0 Å². The number of hydrogen-bond donors (Lipinski definition) is 2. The average molecular weight is 269 g/mol. The minimum Gasteiger partial charge on any atom is -0.481 e. The lowest BCUT2D eigenvalue weighted by molar-refractivity contribution is -0.136. The highest BCUT2D eigenvalue weighted by atomic mass is 32.1. The molecular weight excluding hydrogens is 250 g/mol. The fourth-order valence-electron chi connectivity index (χ4n) is 2.18. The number of carbonyl (C=O) groups is 1. The van der Waals surface area contributed by atoms with Crippen LogP contribution in [0.25, 0.3) is 0 Å². The van der Waals surface area contributed by atoms with E-state index in [2.05, 4.69) is 15.2 Å². The first kappa shape index (κ1) is 13.5. The first-order valence-electron chi connectivity index (χ1n) is 6.25. The Morgan fingerprint density at radius 1 is 1.50 bits per heavy atom. The summed E-state index contributed by atoms with van der Waals surface area (Å²) in [6.07, 6.45) is 1.18. The van der Waals surface area contributed by atoms with Gasteiger partial charge >= 0.3 is 5.97 Å². The summed E-state index contributed by atoms with van der Waals surface area (Å²) in [5.41, 5.74) is 0.738.